The second-order valence-corrected chi connectivity index (χ2v) is 3.63. The molecule has 0 saturated heterocycles. The smallest absolute Gasteiger partial charge is 0.0474 e. The third-order valence-electron chi connectivity index (χ3n) is 1.58. The number of hydrogen-bond acceptors (Lipinski definition) is 3. The minimum atomic E-state index is 0.845. The van der Waals surface area contributed by atoms with E-state index >= 15 is 0 Å². The van der Waals surface area contributed by atoms with Crippen LogP contribution in [0.4, 0.5) is 0 Å². The van der Waals surface area contributed by atoms with E-state index in [1.165, 1.54) is 4.88 Å². The molecule has 0 fully saturated rings. The molecule has 2 nitrogen and oxygen atoms in total. The maximum atomic E-state index is 4.94. The van der Waals surface area contributed by atoms with Gasteiger partial charge in [0.1, 0.15) is 0 Å². The van der Waals surface area contributed by atoms with Crippen LogP contribution in [0.25, 0.3) is 0 Å². The SMILES string of the molecule is COCCCNCc1cccs1. The first-order valence-corrected chi connectivity index (χ1v) is 5.03. The minimum Gasteiger partial charge on any atom is -0.385 e. The van der Waals surface area contributed by atoms with Gasteiger partial charge in [-0.2, -0.15) is 0 Å². The molecule has 0 atom stereocenters. The first-order valence-electron chi connectivity index (χ1n) is 4.15. The number of hydrogen-bond donors (Lipinski definition) is 1. The summed E-state index contributed by atoms with van der Waals surface area (Å²) in [6.45, 7) is 2.87. The number of thiophene rings is 1. The molecule has 1 N–H and O–H groups in total. The van der Waals surface area contributed by atoms with Gasteiger partial charge in [0.25, 0.3) is 0 Å². The van der Waals surface area contributed by atoms with Crippen molar-refractivity contribution >= 4 is 11.3 Å². The molecule has 3 heteroatoms. The molecule has 0 bridgehead atoms. The van der Waals surface area contributed by atoms with Crippen LogP contribution in [-0.4, -0.2) is 20.3 Å². The van der Waals surface area contributed by atoms with Crippen molar-refractivity contribution in [2.24, 2.45) is 0 Å². The standard InChI is InChI=1S/C9H15NOS/c1-11-6-3-5-10-8-9-4-2-7-12-9/h2,4,7,10H,3,5-6,8H2,1H3. The van der Waals surface area contributed by atoms with E-state index in [4.69, 9.17) is 4.74 Å². The summed E-state index contributed by atoms with van der Waals surface area (Å²) in [4.78, 5) is 1.40. The number of nitrogens with one attached hydrogen (secondary N) is 1. The highest BCUT2D eigenvalue weighted by molar-refractivity contribution is 7.09. The van der Waals surface area contributed by atoms with E-state index in [1.54, 1.807) is 18.4 Å². The van der Waals surface area contributed by atoms with Crippen molar-refractivity contribution < 1.29 is 4.74 Å². The highest BCUT2D eigenvalue weighted by Crippen LogP contribution is 2.06. The van der Waals surface area contributed by atoms with Crippen molar-refractivity contribution in [2.75, 3.05) is 20.3 Å². The Bertz CT molecular complexity index is 186. The molecular weight excluding hydrogens is 170 g/mol. The molecule has 1 rings (SSSR count). The Kier molecular flexibility index (Phi) is 4.99. The summed E-state index contributed by atoms with van der Waals surface area (Å²) >= 11 is 1.79. The highest BCUT2D eigenvalue weighted by atomic mass is 32.1. The van der Waals surface area contributed by atoms with Crippen molar-refractivity contribution in [2.45, 2.75) is 13.0 Å². The third-order valence-corrected chi connectivity index (χ3v) is 2.46. The fourth-order valence-electron chi connectivity index (χ4n) is 0.966. The predicted octanol–water partition coefficient (Wildman–Crippen LogP) is 1.87. The van der Waals surface area contributed by atoms with Gasteiger partial charge in [0.2, 0.25) is 0 Å². The maximum Gasteiger partial charge on any atom is 0.0474 e. The number of methoxy groups -OCH3 is 1. The lowest BCUT2D eigenvalue weighted by Crippen LogP contribution is -2.15. The van der Waals surface area contributed by atoms with Gasteiger partial charge >= 0.3 is 0 Å². The summed E-state index contributed by atoms with van der Waals surface area (Å²) in [5.74, 6) is 0. The molecule has 0 aliphatic carbocycles. The Balaban J connectivity index is 1.96. The Hall–Kier alpha value is -0.380. The minimum absolute atomic E-state index is 0.845. The van der Waals surface area contributed by atoms with Crippen molar-refractivity contribution in [3.8, 4) is 0 Å². The van der Waals surface area contributed by atoms with Gasteiger partial charge in [-0.3, -0.25) is 0 Å². The Morgan fingerprint density at radius 2 is 2.50 bits per heavy atom. The van der Waals surface area contributed by atoms with Crippen molar-refractivity contribution in [3.05, 3.63) is 22.4 Å². The lowest BCUT2D eigenvalue weighted by Gasteiger charge is -2.01. The van der Waals surface area contributed by atoms with E-state index in [-0.39, 0.29) is 0 Å². The first kappa shape index (κ1) is 9.71. The summed E-state index contributed by atoms with van der Waals surface area (Å²) in [6.07, 6.45) is 1.09. The molecule has 0 aromatic carbocycles. The molecule has 68 valence electrons. The Morgan fingerprint density at radius 3 is 3.17 bits per heavy atom. The molecule has 0 amide bonds. The second-order valence-electron chi connectivity index (χ2n) is 2.60. The van der Waals surface area contributed by atoms with Gasteiger partial charge in [-0.05, 0) is 24.4 Å². The lowest BCUT2D eigenvalue weighted by atomic mass is 10.4. The van der Waals surface area contributed by atoms with Crippen molar-refractivity contribution in [1.29, 1.82) is 0 Å². The van der Waals surface area contributed by atoms with Gasteiger partial charge in [0.15, 0.2) is 0 Å². The molecule has 1 aromatic heterocycles. The average Bonchev–Trinajstić information content (AvgIpc) is 2.57. The highest BCUT2D eigenvalue weighted by Gasteiger charge is 1.91. The fraction of sp³-hybridized carbons (Fsp3) is 0.556. The van der Waals surface area contributed by atoms with Gasteiger partial charge in [-0.1, -0.05) is 6.07 Å². The molecule has 0 aliphatic rings. The molecular formula is C9H15NOS. The van der Waals surface area contributed by atoms with Crippen LogP contribution in [-0.2, 0) is 11.3 Å². The van der Waals surface area contributed by atoms with Crippen molar-refractivity contribution in [1.82, 2.24) is 5.32 Å². The average molecular weight is 185 g/mol. The summed E-state index contributed by atoms with van der Waals surface area (Å²) in [6, 6.07) is 4.23. The van der Waals surface area contributed by atoms with E-state index in [9.17, 15) is 0 Å². The molecule has 1 aromatic rings. The quantitative estimate of drug-likeness (QED) is 0.683. The van der Waals surface area contributed by atoms with Crippen LogP contribution in [0.1, 0.15) is 11.3 Å². The van der Waals surface area contributed by atoms with E-state index in [2.05, 4.69) is 22.8 Å². The van der Waals surface area contributed by atoms with Crippen LogP contribution < -0.4 is 5.32 Å². The van der Waals surface area contributed by atoms with E-state index < -0.39 is 0 Å². The Morgan fingerprint density at radius 1 is 1.58 bits per heavy atom. The van der Waals surface area contributed by atoms with Crippen LogP contribution >= 0.6 is 11.3 Å². The summed E-state index contributed by atoms with van der Waals surface area (Å²) < 4.78 is 4.94. The molecule has 0 radical (unpaired) electrons. The Labute approximate surface area is 77.6 Å². The molecule has 0 unspecified atom stereocenters. The van der Waals surface area contributed by atoms with E-state index in [0.29, 0.717) is 0 Å². The van der Waals surface area contributed by atoms with Gasteiger partial charge in [-0.15, -0.1) is 11.3 Å². The number of rotatable bonds is 6. The van der Waals surface area contributed by atoms with Gasteiger partial charge in [-0.25, -0.2) is 0 Å². The van der Waals surface area contributed by atoms with Gasteiger partial charge < -0.3 is 10.1 Å². The van der Waals surface area contributed by atoms with Crippen LogP contribution in [0.2, 0.25) is 0 Å². The van der Waals surface area contributed by atoms with Gasteiger partial charge in [0.05, 0.1) is 0 Å². The van der Waals surface area contributed by atoms with E-state index in [1.807, 2.05) is 0 Å². The molecule has 0 spiro atoms. The fourth-order valence-corrected chi connectivity index (χ4v) is 1.64. The molecule has 12 heavy (non-hydrogen) atoms. The first-order chi connectivity index (χ1) is 5.93. The van der Waals surface area contributed by atoms with E-state index in [0.717, 1.165) is 26.1 Å². The molecule has 0 aliphatic heterocycles. The molecule has 1 heterocycles. The zero-order valence-electron chi connectivity index (χ0n) is 7.38. The third kappa shape index (κ3) is 3.85. The lowest BCUT2D eigenvalue weighted by molar-refractivity contribution is 0.194. The second kappa shape index (κ2) is 6.17. The zero-order valence-corrected chi connectivity index (χ0v) is 8.19. The predicted molar refractivity (Wildman–Crippen MR) is 52.5 cm³/mol. The van der Waals surface area contributed by atoms with Crippen LogP contribution in [0.3, 0.4) is 0 Å². The largest absolute Gasteiger partial charge is 0.385 e. The van der Waals surface area contributed by atoms with Crippen LogP contribution in [0.5, 0.6) is 0 Å². The van der Waals surface area contributed by atoms with Crippen LogP contribution in [0.15, 0.2) is 17.5 Å². The summed E-state index contributed by atoms with van der Waals surface area (Å²) in [5, 5.41) is 5.46. The monoisotopic (exact) mass is 185 g/mol. The number of ether oxygens (including phenoxy) is 1. The van der Waals surface area contributed by atoms with Crippen LogP contribution in [0, 0.1) is 0 Å². The summed E-state index contributed by atoms with van der Waals surface area (Å²) in [5.41, 5.74) is 0. The zero-order chi connectivity index (χ0) is 8.65. The maximum absolute atomic E-state index is 4.94. The van der Waals surface area contributed by atoms with Crippen molar-refractivity contribution in [3.63, 3.8) is 0 Å². The normalized spacial score (nSPS) is 10.4. The van der Waals surface area contributed by atoms with Gasteiger partial charge in [0, 0.05) is 25.1 Å². The molecule has 0 saturated carbocycles. The summed E-state index contributed by atoms with van der Waals surface area (Å²) in [7, 11) is 1.74. The topological polar surface area (TPSA) is 21.3 Å².